The number of hydrogen-bond acceptors (Lipinski definition) is 6. The van der Waals surface area contributed by atoms with Gasteiger partial charge >= 0.3 is 5.69 Å². The van der Waals surface area contributed by atoms with Crippen molar-refractivity contribution in [1.82, 2.24) is 24.6 Å². The molecular weight excluding hydrogens is 304 g/mol. The van der Waals surface area contributed by atoms with Gasteiger partial charge in [0.2, 0.25) is 0 Å². The number of fused-ring (bicyclic) bond motifs is 1. The van der Waals surface area contributed by atoms with Crippen LogP contribution in [0.4, 0.5) is 5.82 Å². The van der Waals surface area contributed by atoms with Crippen LogP contribution < -0.4 is 10.6 Å². The van der Waals surface area contributed by atoms with Crippen molar-refractivity contribution in [1.29, 1.82) is 0 Å². The fraction of sp³-hybridized carbons (Fsp3) is 0.529. The number of rotatable bonds is 4. The van der Waals surface area contributed by atoms with Crippen LogP contribution in [0.1, 0.15) is 23.4 Å². The average Bonchev–Trinajstić information content (AvgIpc) is 2.98. The SMILES string of the molecule is CN(Cc1ccnc(=O)n1C)C1CN(c2cc3c(nn2)CCC3)C1. The lowest BCUT2D eigenvalue weighted by Gasteiger charge is -2.44. The van der Waals surface area contributed by atoms with Gasteiger partial charge in [-0.3, -0.25) is 9.47 Å². The maximum atomic E-state index is 11.6. The van der Waals surface area contributed by atoms with Gasteiger partial charge in [0.1, 0.15) is 0 Å². The Hall–Kier alpha value is -2.28. The molecule has 1 aliphatic carbocycles. The van der Waals surface area contributed by atoms with Gasteiger partial charge in [0, 0.05) is 44.6 Å². The predicted octanol–water partition coefficient (Wildman–Crippen LogP) is 0.380. The zero-order valence-electron chi connectivity index (χ0n) is 14.1. The molecule has 7 nitrogen and oxygen atoms in total. The predicted molar refractivity (Wildman–Crippen MR) is 91.0 cm³/mol. The summed E-state index contributed by atoms with van der Waals surface area (Å²) in [5, 5.41) is 8.75. The van der Waals surface area contributed by atoms with Gasteiger partial charge in [-0.2, -0.15) is 5.10 Å². The summed E-state index contributed by atoms with van der Waals surface area (Å²) in [6.45, 7) is 2.63. The van der Waals surface area contributed by atoms with Gasteiger partial charge in [0.15, 0.2) is 5.82 Å². The van der Waals surface area contributed by atoms with Gasteiger partial charge < -0.3 is 4.90 Å². The van der Waals surface area contributed by atoms with E-state index in [-0.39, 0.29) is 5.69 Å². The number of nitrogens with zero attached hydrogens (tertiary/aromatic N) is 6. The molecule has 2 aromatic rings. The third-order valence-corrected chi connectivity index (χ3v) is 5.20. The molecule has 1 aliphatic heterocycles. The smallest absolute Gasteiger partial charge is 0.347 e. The van der Waals surface area contributed by atoms with Crippen molar-refractivity contribution in [2.75, 3.05) is 25.0 Å². The molecule has 24 heavy (non-hydrogen) atoms. The third kappa shape index (κ3) is 2.69. The molecular formula is C17H22N6O. The third-order valence-electron chi connectivity index (χ3n) is 5.20. The molecule has 7 heteroatoms. The minimum absolute atomic E-state index is 0.204. The molecule has 4 rings (SSSR count). The summed E-state index contributed by atoms with van der Waals surface area (Å²) in [6, 6.07) is 4.57. The molecule has 0 amide bonds. The molecule has 1 fully saturated rings. The molecule has 3 heterocycles. The van der Waals surface area contributed by atoms with Gasteiger partial charge in [-0.1, -0.05) is 0 Å². The minimum atomic E-state index is -0.204. The Morgan fingerprint density at radius 2 is 2.12 bits per heavy atom. The second kappa shape index (κ2) is 5.98. The average molecular weight is 326 g/mol. The Kier molecular flexibility index (Phi) is 3.80. The van der Waals surface area contributed by atoms with Crippen molar-refractivity contribution < 1.29 is 0 Å². The van der Waals surface area contributed by atoms with E-state index < -0.39 is 0 Å². The van der Waals surface area contributed by atoms with Crippen LogP contribution in [0.25, 0.3) is 0 Å². The van der Waals surface area contributed by atoms with E-state index in [0.717, 1.165) is 44.0 Å². The van der Waals surface area contributed by atoms with E-state index in [2.05, 4.69) is 38.1 Å². The van der Waals surface area contributed by atoms with Gasteiger partial charge in [0.25, 0.3) is 0 Å². The zero-order chi connectivity index (χ0) is 16.7. The maximum Gasteiger partial charge on any atom is 0.347 e. The molecule has 0 saturated carbocycles. The van der Waals surface area contributed by atoms with Crippen LogP contribution in [0.2, 0.25) is 0 Å². The lowest BCUT2D eigenvalue weighted by Crippen LogP contribution is -2.58. The Morgan fingerprint density at radius 3 is 2.96 bits per heavy atom. The largest absolute Gasteiger partial charge is 0.352 e. The highest BCUT2D eigenvalue weighted by atomic mass is 16.1. The number of aromatic nitrogens is 4. The first-order chi connectivity index (χ1) is 11.6. The quantitative estimate of drug-likeness (QED) is 0.809. The molecule has 126 valence electrons. The molecule has 0 unspecified atom stereocenters. The zero-order valence-corrected chi connectivity index (χ0v) is 14.1. The molecule has 2 aliphatic rings. The van der Waals surface area contributed by atoms with Gasteiger partial charge in [-0.15, -0.1) is 5.10 Å². The normalized spacial score (nSPS) is 17.2. The van der Waals surface area contributed by atoms with Crippen LogP contribution >= 0.6 is 0 Å². The Labute approximate surface area is 140 Å². The second-order valence-corrected chi connectivity index (χ2v) is 6.78. The van der Waals surface area contributed by atoms with E-state index in [1.54, 1.807) is 17.8 Å². The van der Waals surface area contributed by atoms with Gasteiger partial charge in [-0.25, -0.2) is 9.78 Å². The van der Waals surface area contributed by atoms with Gasteiger partial charge in [-0.05, 0) is 44.0 Å². The minimum Gasteiger partial charge on any atom is -0.352 e. The van der Waals surface area contributed by atoms with Crippen LogP contribution in [0.15, 0.2) is 23.1 Å². The van der Waals surface area contributed by atoms with Crippen molar-refractivity contribution in [2.45, 2.75) is 31.8 Å². The van der Waals surface area contributed by atoms with Crippen molar-refractivity contribution in [2.24, 2.45) is 7.05 Å². The molecule has 2 aromatic heterocycles. The summed E-state index contributed by atoms with van der Waals surface area (Å²) < 4.78 is 1.61. The molecule has 0 spiro atoms. The van der Waals surface area contributed by atoms with E-state index in [0.29, 0.717) is 6.04 Å². The summed E-state index contributed by atoms with van der Waals surface area (Å²) in [4.78, 5) is 19.9. The van der Waals surface area contributed by atoms with E-state index in [1.165, 1.54) is 17.7 Å². The first kappa shape index (κ1) is 15.3. The number of aryl methyl sites for hydroxylation is 2. The van der Waals surface area contributed by atoms with Crippen LogP contribution in [-0.4, -0.2) is 50.8 Å². The van der Waals surface area contributed by atoms with E-state index in [4.69, 9.17) is 0 Å². The van der Waals surface area contributed by atoms with Crippen LogP contribution in [0, 0.1) is 0 Å². The lowest BCUT2D eigenvalue weighted by atomic mass is 10.1. The highest BCUT2D eigenvalue weighted by Gasteiger charge is 2.32. The standard InChI is InChI=1S/C17H22N6O/c1-21(9-13-6-7-18-17(24)22(13)2)14-10-23(11-14)16-8-12-4-3-5-15(12)19-20-16/h6-8,14H,3-5,9-11H2,1-2H3. The number of likely N-dealkylation sites (N-methyl/N-ethyl adjacent to an activating group) is 1. The molecule has 1 saturated heterocycles. The Bertz CT molecular complexity index is 811. The fourth-order valence-electron chi connectivity index (χ4n) is 3.44. The summed E-state index contributed by atoms with van der Waals surface area (Å²) in [5.74, 6) is 0.997. The van der Waals surface area contributed by atoms with Crippen LogP contribution in [-0.2, 0) is 26.4 Å². The van der Waals surface area contributed by atoms with E-state index >= 15 is 0 Å². The Balaban J connectivity index is 1.38. The first-order valence-electron chi connectivity index (χ1n) is 8.43. The van der Waals surface area contributed by atoms with Crippen LogP contribution in [0.3, 0.4) is 0 Å². The molecule has 0 aromatic carbocycles. The fourth-order valence-corrected chi connectivity index (χ4v) is 3.44. The molecule has 0 radical (unpaired) electrons. The lowest BCUT2D eigenvalue weighted by molar-refractivity contribution is 0.192. The summed E-state index contributed by atoms with van der Waals surface area (Å²) in [5.41, 5.74) is 3.31. The second-order valence-electron chi connectivity index (χ2n) is 6.78. The maximum absolute atomic E-state index is 11.6. The highest BCUT2D eigenvalue weighted by molar-refractivity contribution is 5.45. The number of anilines is 1. The van der Waals surface area contributed by atoms with E-state index in [1.807, 2.05) is 6.07 Å². The summed E-state index contributed by atoms with van der Waals surface area (Å²) in [6.07, 6.45) is 4.98. The van der Waals surface area contributed by atoms with E-state index in [9.17, 15) is 4.79 Å². The first-order valence-corrected chi connectivity index (χ1v) is 8.43. The topological polar surface area (TPSA) is 67.2 Å². The van der Waals surface area contributed by atoms with Crippen LogP contribution in [0.5, 0.6) is 0 Å². The number of hydrogen-bond donors (Lipinski definition) is 0. The summed E-state index contributed by atoms with van der Waals surface area (Å²) >= 11 is 0. The monoisotopic (exact) mass is 326 g/mol. The van der Waals surface area contributed by atoms with Crippen molar-refractivity contribution in [3.8, 4) is 0 Å². The molecule has 0 atom stereocenters. The molecule has 0 bridgehead atoms. The van der Waals surface area contributed by atoms with Crippen molar-refractivity contribution in [3.63, 3.8) is 0 Å². The highest BCUT2D eigenvalue weighted by Crippen LogP contribution is 2.26. The Morgan fingerprint density at radius 1 is 1.29 bits per heavy atom. The van der Waals surface area contributed by atoms with Crippen molar-refractivity contribution >= 4 is 5.82 Å². The molecule has 0 N–H and O–H groups in total. The van der Waals surface area contributed by atoms with Crippen molar-refractivity contribution in [3.05, 3.63) is 45.8 Å². The summed E-state index contributed by atoms with van der Waals surface area (Å²) in [7, 11) is 3.87. The van der Waals surface area contributed by atoms with Gasteiger partial charge in [0.05, 0.1) is 5.69 Å².